The minimum Gasteiger partial charge on any atom is -0.367 e. The average Bonchev–Trinajstić information content (AvgIpc) is 2.84. The number of aromatic nitrogens is 2. The van der Waals surface area contributed by atoms with Gasteiger partial charge in [-0.2, -0.15) is 4.98 Å². The third kappa shape index (κ3) is 6.22. The highest BCUT2D eigenvalue weighted by molar-refractivity contribution is 5.93. The van der Waals surface area contributed by atoms with Crippen LogP contribution >= 0.6 is 0 Å². The number of hydrogen-bond acceptors (Lipinski definition) is 5. The van der Waals surface area contributed by atoms with Crippen LogP contribution in [0.25, 0.3) is 22.0 Å². The summed E-state index contributed by atoms with van der Waals surface area (Å²) in [4.78, 5) is 23.7. The van der Waals surface area contributed by atoms with Gasteiger partial charge in [0, 0.05) is 36.6 Å². The number of anilines is 2. The molecule has 0 unspecified atom stereocenters. The molecule has 4 rings (SSSR count). The van der Waals surface area contributed by atoms with Crippen molar-refractivity contribution < 1.29 is 9.18 Å². The summed E-state index contributed by atoms with van der Waals surface area (Å²) in [6.45, 7) is 8.13. The Labute approximate surface area is 212 Å². The Morgan fingerprint density at radius 3 is 2.33 bits per heavy atom. The fourth-order valence-corrected chi connectivity index (χ4v) is 4.50. The summed E-state index contributed by atoms with van der Waals surface area (Å²) in [7, 11) is 1.83. The molecular weight excluding hydrogens is 455 g/mol. The molecule has 0 bridgehead atoms. The fourth-order valence-electron chi connectivity index (χ4n) is 4.50. The summed E-state index contributed by atoms with van der Waals surface area (Å²) in [6.07, 6.45) is 3.67. The molecule has 1 fully saturated rings. The second-order valence-corrected chi connectivity index (χ2v) is 10.3. The van der Waals surface area contributed by atoms with Crippen molar-refractivity contribution in [3.05, 3.63) is 48.3 Å². The van der Waals surface area contributed by atoms with Crippen LogP contribution in [0.5, 0.6) is 0 Å². The van der Waals surface area contributed by atoms with Gasteiger partial charge in [-0.05, 0) is 88.8 Å². The van der Waals surface area contributed by atoms with Crippen molar-refractivity contribution in [2.75, 3.05) is 17.7 Å². The molecule has 1 saturated carbocycles. The van der Waals surface area contributed by atoms with E-state index in [9.17, 15) is 9.18 Å². The number of hydrogen-bond donors (Lipinski definition) is 3. The Morgan fingerprint density at radius 1 is 0.972 bits per heavy atom. The van der Waals surface area contributed by atoms with E-state index in [1.54, 1.807) is 11.0 Å². The highest BCUT2D eigenvalue weighted by atomic mass is 19.1. The molecular formula is C28H37FN6O. The molecule has 3 aromatic rings. The van der Waals surface area contributed by atoms with Gasteiger partial charge in [-0.1, -0.05) is 18.2 Å². The van der Waals surface area contributed by atoms with E-state index in [1.807, 2.05) is 45.2 Å². The number of carbonyl (C=O) groups excluding carboxylic acids is 1. The first-order valence-corrected chi connectivity index (χ1v) is 12.8. The summed E-state index contributed by atoms with van der Waals surface area (Å²) in [6, 6.07) is 13.3. The summed E-state index contributed by atoms with van der Waals surface area (Å²) >= 11 is 0. The molecule has 0 radical (unpaired) electrons. The van der Waals surface area contributed by atoms with Crippen LogP contribution < -0.4 is 16.0 Å². The summed E-state index contributed by atoms with van der Waals surface area (Å²) < 4.78 is 13.8. The monoisotopic (exact) mass is 492 g/mol. The first kappa shape index (κ1) is 25.7. The fraction of sp³-hybridized carbons (Fsp3) is 0.464. The average molecular weight is 493 g/mol. The van der Waals surface area contributed by atoms with Gasteiger partial charge in [0.05, 0.1) is 5.52 Å². The molecule has 36 heavy (non-hydrogen) atoms. The first-order valence-electron chi connectivity index (χ1n) is 12.8. The molecule has 192 valence electrons. The lowest BCUT2D eigenvalue weighted by Crippen LogP contribution is -2.47. The summed E-state index contributed by atoms with van der Waals surface area (Å²) in [5.74, 6) is 1.09. The normalized spacial score (nSPS) is 17.9. The molecule has 1 aliphatic rings. The second-order valence-electron chi connectivity index (χ2n) is 10.3. The van der Waals surface area contributed by atoms with Crippen LogP contribution in [0.1, 0.15) is 53.4 Å². The maximum Gasteiger partial charge on any atom is 0.317 e. The van der Waals surface area contributed by atoms with Crippen molar-refractivity contribution in [2.24, 2.45) is 0 Å². The van der Waals surface area contributed by atoms with Gasteiger partial charge in [0.15, 0.2) is 0 Å². The second kappa shape index (κ2) is 11.1. The van der Waals surface area contributed by atoms with E-state index in [2.05, 4.69) is 29.8 Å². The minimum absolute atomic E-state index is 0.0162. The first-order chi connectivity index (χ1) is 17.2. The molecule has 0 saturated heterocycles. The molecule has 1 aliphatic carbocycles. The van der Waals surface area contributed by atoms with E-state index in [1.165, 1.54) is 12.1 Å². The van der Waals surface area contributed by atoms with Crippen molar-refractivity contribution in [2.45, 2.75) is 77.5 Å². The van der Waals surface area contributed by atoms with Crippen LogP contribution in [0, 0.1) is 5.82 Å². The van der Waals surface area contributed by atoms with Crippen molar-refractivity contribution >= 4 is 28.7 Å². The van der Waals surface area contributed by atoms with Crippen molar-refractivity contribution in [3.63, 3.8) is 0 Å². The van der Waals surface area contributed by atoms with Gasteiger partial charge in [0.2, 0.25) is 5.95 Å². The number of benzene rings is 2. The molecule has 0 atom stereocenters. The predicted octanol–water partition coefficient (Wildman–Crippen LogP) is 6.03. The Morgan fingerprint density at radius 2 is 1.67 bits per heavy atom. The Kier molecular flexibility index (Phi) is 7.91. The molecule has 1 aromatic heterocycles. The SMILES string of the molecule is CC(C)Nc1nc(NC2CCC(NC(=O)N(C)C(C)C)CC2)c2cc(-c3cccc(F)c3)ccc2n1. The van der Waals surface area contributed by atoms with Gasteiger partial charge >= 0.3 is 6.03 Å². The number of halogens is 1. The maximum absolute atomic E-state index is 13.8. The zero-order valence-corrected chi connectivity index (χ0v) is 21.8. The highest BCUT2D eigenvalue weighted by Crippen LogP contribution is 2.31. The van der Waals surface area contributed by atoms with Crippen LogP contribution in [0.15, 0.2) is 42.5 Å². The molecule has 7 nitrogen and oxygen atoms in total. The van der Waals surface area contributed by atoms with Gasteiger partial charge in [0.1, 0.15) is 11.6 Å². The number of carbonyl (C=O) groups is 1. The van der Waals surface area contributed by atoms with Gasteiger partial charge in [-0.15, -0.1) is 0 Å². The predicted molar refractivity (Wildman–Crippen MR) is 145 cm³/mol. The number of urea groups is 1. The lowest BCUT2D eigenvalue weighted by atomic mass is 9.91. The van der Waals surface area contributed by atoms with Gasteiger partial charge in [-0.25, -0.2) is 14.2 Å². The smallest absolute Gasteiger partial charge is 0.317 e. The largest absolute Gasteiger partial charge is 0.367 e. The quantitative estimate of drug-likeness (QED) is 0.375. The lowest BCUT2D eigenvalue weighted by molar-refractivity contribution is 0.189. The third-order valence-electron chi connectivity index (χ3n) is 6.76. The van der Waals surface area contributed by atoms with Gasteiger partial charge < -0.3 is 20.9 Å². The van der Waals surface area contributed by atoms with Crippen LogP contribution in [0.2, 0.25) is 0 Å². The van der Waals surface area contributed by atoms with Crippen LogP contribution in [-0.4, -0.2) is 52.1 Å². The highest BCUT2D eigenvalue weighted by Gasteiger charge is 2.25. The molecule has 1 heterocycles. The molecule has 0 spiro atoms. The van der Waals surface area contributed by atoms with Crippen LogP contribution in [0.3, 0.4) is 0 Å². The molecule has 2 aromatic carbocycles. The third-order valence-corrected chi connectivity index (χ3v) is 6.76. The lowest BCUT2D eigenvalue weighted by Gasteiger charge is -2.32. The molecule has 8 heteroatoms. The number of nitrogens with one attached hydrogen (secondary N) is 3. The maximum atomic E-state index is 13.8. The van der Waals surface area contributed by atoms with E-state index in [-0.39, 0.29) is 36.0 Å². The Hall–Kier alpha value is -3.42. The summed E-state index contributed by atoms with van der Waals surface area (Å²) in [5, 5.41) is 11.0. The van der Waals surface area contributed by atoms with Gasteiger partial charge in [-0.3, -0.25) is 0 Å². The Balaban J connectivity index is 1.54. The van der Waals surface area contributed by atoms with E-state index in [4.69, 9.17) is 9.97 Å². The standard InChI is InChI=1S/C28H37FN6O/c1-17(2)30-27-33-25-14-9-20(19-7-6-8-21(29)15-19)16-24(25)26(34-27)31-22-10-12-23(13-11-22)32-28(36)35(5)18(3)4/h6-9,14-18,22-23H,10-13H2,1-5H3,(H,32,36)(H2,30,31,33,34). The summed E-state index contributed by atoms with van der Waals surface area (Å²) in [5.41, 5.74) is 2.56. The minimum atomic E-state index is -0.262. The zero-order chi connectivity index (χ0) is 25.8. The number of nitrogens with zero attached hydrogens (tertiary/aromatic N) is 3. The molecule has 0 aliphatic heterocycles. The van der Waals surface area contributed by atoms with E-state index >= 15 is 0 Å². The van der Waals surface area contributed by atoms with Crippen molar-refractivity contribution in [1.82, 2.24) is 20.2 Å². The zero-order valence-electron chi connectivity index (χ0n) is 21.8. The van der Waals surface area contributed by atoms with Crippen LogP contribution in [0.4, 0.5) is 21.0 Å². The van der Waals surface area contributed by atoms with Crippen molar-refractivity contribution in [3.8, 4) is 11.1 Å². The molecule has 2 amide bonds. The molecule has 3 N–H and O–H groups in total. The number of rotatable bonds is 7. The van der Waals surface area contributed by atoms with Crippen LogP contribution in [-0.2, 0) is 0 Å². The number of amides is 2. The van der Waals surface area contributed by atoms with Gasteiger partial charge in [0.25, 0.3) is 0 Å². The number of fused-ring (bicyclic) bond motifs is 1. The van der Waals surface area contributed by atoms with Crippen molar-refractivity contribution in [1.29, 1.82) is 0 Å². The van der Waals surface area contributed by atoms with E-state index in [0.717, 1.165) is 53.5 Å². The van der Waals surface area contributed by atoms with E-state index < -0.39 is 0 Å². The topological polar surface area (TPSA) is 82.2 Å². The van der Waals surface area contributed by atoms with E-state index in [0.29, 0.717) is 5.95 Å². The Bertz CT molecular complexity index is 1210.